The summed E-state index contributed by atoms with van der Waals surface area (Å²) >= 11 is 0. The summed E-state index contributed by atoms with van der Waals surface area (Å²) in [5, 5.41) is 8.59. The molecule has 0 unspecified atom stereocenters. The van der Waals surface area contributed by atoms with Crippen LogP contribution >= 0.6 is 0 Å². The molecule has 0 aliphatic carbocycles. The average molecular weight is 202 g/mol. The first-order valence-corrected chi connectivity index (χ1v) is 3.75. The third kappa shape index (κ3) is 1.99. The van der Waals surface area contributed by atoms with Crippen molar-refractivity contribution in [2.24, 2.45) is 0 Å². The number of carboxylic acid groups (broad SMARTS) is 1. The van der Waals surface area contributed by atoms with Crippen LogP contribution in [0.15, 0.2) is 18.2 Å². The van der Waals surface area contributed by atoms with E-state index in [-0.39, 0.29) is 16.9 Å². The second-order valence-electron chi connectivity index (χ2n) is 2.56. The Kier molecular flexibility index (Phi) is 3.01. The number of carboxylic acids is 1. The SMILES string of the molecule is COc1cc(C(=O)O)ccc1C(F)F. The molecule has 5 heteroatoms. The molecule has 0 saturated carbocycles. The molecule has 0 fully saturated rings. The van der Waals surface area contributed by atoms with Gasteiger partial charge in [-0.3, -0.25) is 0 Å². The zero-order valence-corrected chi connectivity index (χ0v) is 7.33. The third-order valence-corrected chi connectivity index (χ3v) is 1.72. The first kappa shape index (κ1) is 10.4. The lowest BCUT2D eigenvalue weighted by atomic mass is 10.1. The molecular weight excluding hydrogens is 194 g/mol. The van der Waals surface area contributed by atoms with E-state index in [9.17, 15) is 13.6 Å². The monoisotopic (exact) mass is 202 g/mol. The number of ether oxygens (including phenoxy) is 1. The van der Waals surface area contributed by atoms with Crippen molar-refractivity contribution in [3.63, 3.8) is 0 Å². The Labute approximate surface area is 78.9 Å². The number of aromatic carboxylic acids is 1. The van der Waals surface area contributed by atoms with E-state index in [0.717, 1.165) is 18.2 Å². The van der Waals surface area contributed by atoms with Gasteiger partial charge in [-0.25, -0.2) is 13.6 Å². The van der Waals surface area contributed by atoms with Crippen molar-refractivity contribution in [2.75, 3.05) is 7.11 Å². The second-order valence-corrected chi connectivity index (χ2v) is 2.56. The molecule has 0 bridgehead atoms. The fourth-order valence-electron chi connectivity index (χ4n) is 1.02. The van der Waals surface area contributed by atoms with Gasteiger partial charge in [0.2, 0.25) is 0 Å². The van der Waals surface area contributed by atoms with Gasteiger partial charge in [0.15, 0.2) is 0 Å². The van der Waals surface area contributed by atoms with Crippen molar-refractivity contribution in [1.29, 1.82) is 0 Å². The molecule has 76 valence electrons. The maximum Gasteiger partial charge on any atom is 0.335 e. The Balaban J connectivity index is 3.18. The molecule has 0 aliphatic rings. The number of alkyl halides is 2. The van der Waals surface area contributed by atoms with Crippen LogP contribution < -0.4 is 4.74 Å². The predicted molar refractivity (Wildman–Crippen MR) is 44.9 cm³/mol. The van der Waals surface area contributed by atoms with Crippen LogP contribution in [0.5, 0.6) is 5.75 Å². The summed E-state index contributed by atoms with van der Waals surface area (Å²) in [5.74, 6) is -1.29. The summed E-state index contributed by atoms with van der Waals surface area (Å²) in [6.45, 7) is 0. The topological polar surface area (TPSA) is 46.5 Å². The van der Waals surface area contributed by atoms with Gasteiger partial charge in [0.05, 0.1) is 18.2 Å². The average Bonchev–Trinajstić information content (AvgIpc) is 2.16. The maximum atomic E-state index is 12.3. The molecule has 0 saturated heterocycles. The molecule has 1 aromatic carbocycles. The normalized spacial score (nSPS) is 10.3. The zero-order chi connectivity index (χ0) is 10.7. The number of carbonyl (C=O) groups is 1. The maximum absolute atomic E-state index is 12.3. The minimum atomic E-state index is -2.67. The van der Waals surface area contributed by atoms with Crippen LogP contribution in [0.25, 0.3) is 0 Å². The largest absolute Gasteiger partial charge is 0.496 e. The van der Waals surface area contributed by atoms with Crippen molar-refractivity contribution in [3.05, 3.63) is 29.3 Å². The number of halogens is 2. The van der Waals surface area contributed by atoms with Gasteiger partial charge in [0.1, 0.15) is 5.75 Å². The highest BCUT2D eigenvalue weighted by molar-refractivity contribution is 5.88. The van der Waals surface area contributed by atoms with Gasteiger partial charge in [0, 0.05) is 0 Å². The predicted octanol–water partition coefficient (Wildman–Crippen LogP) is 2.33. The summed E-state index contributed by atoms with van der Waals surface area (Å²) in [7, 11) is 1.22. The summed E-state index contributed by atoms with van der Waals surface area (Å²) < 4.78 is 29.3. The summed E-state index contributed by atoms with van der Waals surface area (Å²) in [6, 6.07) is 3.24. The van der Waals surface area contributed by atoms with Crippen molar-refractivity contribution in [1.82, 2.24) is 0 Å². The Morgan fingerprint density at radius 2 is 2.14 bits per heavy atom. The minimum absolute atomic E-state index is 0.0775. The molecule has 0 spiro atoms. The molecule has 0 heterocycles. The van der Waals surface area contributed by atoms with Crippen LogP contribution in [0, 0.1) is 0 Å². The highest BCUT2D eigenvalue weighted by atomic mass is 19.3. The summed E-state index contributed by atoms with van der Waals surface area (Å²) in [6.07, 6.45) is -2.67. The van der Waals surface area contributed by atoms with Gasteiger partial charge >= 0.3 is 5.97 Å². The van der Waals surface area contributed by atoms with Gasteiger partial charge in [-0.15, -0.1) is 0 Å². The smallest absolute Gasteiger partial charge is 0.335 e. The Bertz CT molecular complexity index is 350. The van der Waals surface area contributed by atoms with E-state index < -0.39 is 12.4 Å². The molecule has 0 aliphatic heterocycles. The molecule has 0 atom stereocenters. The lowest BCUT2D eigenvalue weighted by molar-refractivity contribution is 0.0696. The minimum Gasteiger partial charge on any atom is -0.496 e. The molecule has 0 amide bonds. The van der Waals surface area contributed by atoms with Gasteiger partial charge in [0.25, 0.3) is 6.43 Å². The zero-order valence-electron chi connectivity index (χ0n) is 7.33. The number of rotatable bonds is 3. The number of hydrogen-bond donors (Lipinski definition) is 1. The Morgan fingerprint density at radius 3 is 2.57 bits per heavy atom. The van der Waals surface area contributed by atoms with Crippen LogP contribution in [0.1, 0.15) is 22.3 Å². The quantitative estimate of drug-likeness (QED) is 0.818. The van der Waals surface area contributed by atoms with E-state index in [0.29, 0.717) is 0 Å². The van der Waals surface area contributed by atoms with Crippen molar-refractivity contribution in [2.45, 2.75) is 6.43 Å². The van der Waals surface area contributed by atoms with Crippen LogP contribution in [0.4, 0.5) is 8.78 Å². The second kappa shape index (κ2) is 4.04. The Hall–Kier alpha value is -1.65. The van der Waals surface area contributed by atoms with E-state index in [4.69, 9.17) is 5.11 Å². The summed E-state index contributed by atoms with van der Waals surface area (Å²) in [4.78, 5) is 10.5. The van der Waals surface area contributed by atoms with Gasteiger partial charge in [-0.1, -0.05) is 0 Å². The molecule has 0 radical (unpaired) electrons. The molecule has 1 rings (SSSR count). The molecule has 14 heavy (non-hydrogen) atoms. The lowest BCUT2D eigenvalue weighted by Gasteiger charge is -2.07. The van der Waals surface area contributed by atoms with E-state index in [1.54, 1.807) is 0 Å². The molecule has 1 aromatic rings. The molecular formula is C9H8F2O3. The Morgan fingerprint density at radius 1 is 1.50 bits per heavy atom. The molecule has 1 N–H and O–H groups in total. The fraction of sp³-hybridized carbons (Fsp3) is 0.222. The van der Waals surface area contributed by atoms with Gasteiger partial charge < -0.3 is 9.84 Å². The van der Waals surface area contributed by atoms with Gasteiger partial charge in [-0.2, -0.15) is 0 Å². The first-order chi connectivity index (χ1) is 6.56. The van der Waals surface area contributed by atoms with E-state index in [1.165, 1.54) is 7.11 Å². The van der Waals surface area contributed by atoms with E-state index >= 15 is 0 Å². The van der Waals surface area contributed by atoms with Crippen LogP contribution in [0.2, 0.25) is 0 Å². The van der Waals surface area contributed by atoms with Crippen molar-refractivity contribution >= 4 is 5.97 Å². The number of methoxy groups -OCH3 is 1. The van der Waals surface area contributed by atoms with Crippen LogP contribution in [-0.2, 0) is 0 Å². The van der Waals surface area contributed by atoms with Crippen LogP contribution in [-0.4, -0.2) is 18.2 Å². The molecule has 3 nitrogen and oxygen atoms in total. The van der Waals surface area contributed by atoms with E-state index in [1.807, 2.05) is 0 Å². The van der Waals surface area contributed by atoms with Crippen LogP contribution in [0.3, 0.4) is 0 Å². The highest BCUT2D eigenvalue weighted by Gasteiger charge is 2.15. The lowest BCUT2D eigenvalue weighted by Crippen LogP contribution is -1.99. The standard InChI is InChI=1S/C9H8F2O3/c1-14-7-4-5(9(12)13)2-3-6(7)8(10)11/h2-4,8H,1H3,(H,12,13). The highest BCUT2D eigenvalue weighted by Crippen LogP contribution is 2.29. The first-order valence-electron chi connectivity index (χ1n) is 3.75. The number of hydrogen-bond acceptors (Lipinski definition) is 2. The summed E-state index contributed by atoms with van der Waals surface area (Å²) in [5.41, 5.74) is -0.385. The number of benzene rings is 1. The van der Waals surface area contributed by atoms with E-state index in [2.05, 4.69) is 4.74 Å². The molecule has 0 aromatic heterocycles. The van der Waals surface area contributed by atoms with Gasteiger partial charge in [-0.05, 0) is 18.2 Å². The third-order valence-electron chi connectivity index (χ3n) is 1.72. The van der Waals surface area contributed by atoms with Crippen molar-refractivity contribution < 1.29 is 23.4 Å². The fourth-order valence-corrected chi connectivity index (χ4v) is 1.02. The van der Waals surface area contributed by atoms with Crippen molar-refractivity contribution in [3.8, 4) is 5.75 Å².